The van der Waals surface area contributed by atoms with Crippen LogP contribution in [0.25, 0.3) is 0 Å². The summed E-state index contributed by atoms with van der Waals surface area (Å²) in [6.07, 6.45) is 2.48. The predicted molar refractivity (Wildman–Crippen MR) is 81.6 cm³/mol. The zero-order chi connectivity index (χ0) is 14.6. The van der Waals surface area contributed by atoms with Crippen molar-refractivity contribution in [3.63, 3.8) is 0 Å². The van der Waals surface area contributed by atoms with E-state index in [-0.39, 0.29) is 5.91 Å². The molecule has 1 saturated heterocycles. The summed E-state index contributed by atoms with van der Waals surface area (Å²) in [6, 6.07) is 4.03. The summed E-state index contributed by atoms with van der Waals surface area (Å²) in [5.41, 5.74) is -0.655. The highest BCUT2D eigenvalue weighted by molar-refractivity contribution is 7.09. The summed E-state index contributed by atoms with van der Waals surface area (Å²) in [6.45, 7) is 8.45. The van der Waals surface area contributed by atoms with Gasteiger partial charge in [-0.05, 0) is 24.8 Å². The molecule has 0 aromatic carbocycles. The number of thiophene rings is 1. The SMILES string of the molecule is C=CCN(Cc1cccs1)C(=O)CN1CCC(C)(O)C1. The first-order valence-electron chi connectivity index (χ1n) is 6.86. The van der Waals surface area contributed by atoms with Gasteiger partial charge >= 0.3 is 0 Å². The normalized spacial score (nSPS) is 22.9. The van der Waals surface area contributed by atoms with Crippen molar-refractivity contribution in [1.82, 2.24) is 9.80 Å². The summed E-state index contributed by atoms with van der Waals surface area (Å²) >= 11 is 1.66. The molecule has 1 unspecified atom stereocenters. The molecule has 1 N–H and O–H groups in total. The third kappa shape index (κ3) is 4.16. The number of aliphatic hydroxyl groups is 1. The number of nitrogens with zero attached hydrogens (tertiary/aromatic N) is 2. The van der Waals surface area contributed by atoms with Crippen LogP contribution >= 0.6 is 11.3 Å². The van der Waals surface area contributed by atoms with E-state index in [1.807, 2.05) is 34.2 Å². The molecule has 1 aliphatic heterocycles. The third-order valence-electron chi connectivity index (χ3n) is 3.52. The van der Waals surface area contributed by atoms with Gasteiger partial charge in [0.1, 0.15) is 0 Å². The van der Waals surface area contributed by atoms with Crippen molar-refractivity contribution in [3.05, 3.63) is 35.0 Å². The molecule has 1 amide bonds. The molecule has 1 aromatic heterocycles. The number of amides is 1. The molecule has 1 fully saturated rings. The van der Waals surface area contributed by atoms with E-state index in [9.17, 15) is 9.90 Å². The Labute approximate surface area is 124 Å². The summed E-state index contributed by atoms with van der Waals surface area (Å²) in [5, 5.41) is 12.0. The van der Waals surface area contributed by atoms with Gasteiger partial charge in [0.2, 0.25) is 5.91 Å². The fraction of sp³-hybridized carbons (Fsp3) is 0.533. The lowest BCUT2D eigenvalue weighted by Gasteiger charge is -2.24. The lowest BCUT2D eigenvalue weighted by Crippen LogP contribution is -2.40. The van der Waals surface area contributed by atoms with Crippen molar-refractivity contribution in [2.24, 2.45) is 0 Å². The summed E-state index contributed by atoms with van der Waals surface area (Å²) in [4.78, 5) is 17.4. The maximum absolute atomic E-state index is 12.4. The molecule has 5 heteroatoms. The minimum atomic E-state index is -0.655. The zero-order valence-corrected chi connectivity index (χ0v) is 12.7. The first kappa shape index (κ1) is 15.2. The number of carbonyl (C=O) groups is 1. The fourth-order valence-corrected chi connectivity index (χ4v) is 3.19. The number of β-amino-alcohol motifs (C(OH)–C–C–N with tert-alkyl or cyclic N) is 1. The Bertz CT molecular complexity index is 456. The minimum Gasteiger partial charge on any atom is -0.389 e. The Morgan fingerprint density at radius 1 is 1.70 bits per heavy atom. The van der Waals surface area contributed by atoms with E-state index in [4.69, 9.17) is 0 Å². The fourth-order valence-electron chi connectivity index (χ4n) is 2.47. The van der Waals surface area contributed by atoms with Gasteiger partial charge < -0.3 is 10.0 Å². The molecule has 0 bridgehead atoms. The van der Waals surface area contributed by atoms with E-state index in [1.54, 1.807) is 17.4 Å². The van der Waals surface area contributed by atoms with Gasteiger partial charge in [0.25, 0.3) is 0 Å². The number of rotatable bonds is 6. The van der Waals surface area contributed by atoms with Crippen molar-refractivity contribution in [1.29, 1.82) is 0 Å². The predicted octanol–water partition coefficient (Wildman–Crippen LogP) is 1.72. The molecule has 0 spiro atoms. The van der Waals surface area contributed by atoms with E-state index < -0.39 is 5.60 Å². The Balaban J connectivity index is 1.91. The Hall–Kier alpha value is -1.17. The van der Waals surface area contributed by atoms with E-state index in [0.717, 1.165) is 13.0 Å². The quantitative estimate of drug-likeness (QED) is 0.813. The van der Waals surface area contributed by atoms with Crippen LogP contribution in [-0.4, -0.2) is 52.6 Å². The molecular weight excluding hydrogens is 272 g/mol. The third-order valence-corrected chi connectivity index (χ3v) is 4.38. The van der Waals surface area contributed by atoms with Gasteiger partial charge in [-0.2, -0.15) is 0 Å². The Kier molecular flexibility index (Phi) is 4.96. The Morgan fingerprint density at radius 3 is 3.05 bits per heavy atom. The highest BCUT2D eigenvalue weighted by atomic mass is 32.1. The van der Waals surface area contributed by atoms with Crippen LogP contribution in [0.15, 0.2) is 30.2 Å². The van der Waals surface area contributed by atoms with Crippen molar-refractivity contribution in [2.75, 3.05) is 26.2 Å². The van der Waals surface area contributed by atoms with Gasteiger partial charge in [0.15, 0.2) is 0 Å². The molecule has 1 atom stereocenters. The summed E-state index contributed by atoms with van der Waals surface area (Å²) in [7, 11) is 0. The van der Waals surface area contributed by atoms with Crippen LogP contribution in [0.5, 0.6) is 0 Å². The van der Waals surface area contributed by atoms with Crippen LogP contribution in [0.4, 0.5) is 0 Å². The molecular formula is C15H22N2O2S. The molecule has 110 valence electrons. The van der Waals surface area contributed by atoms with Crippen LogP contribution in [0.3, 0.4) is 0 Å². The van der Waals surface area contributed by atoms with Crippen LogP contribution in [-0.2, 0) is 11.3 Å². The second-order valence-corrected chi connectivity index (χ2v) is 6.63. The summed E-state index contributed by atoms with van der Waals surface area (Å²) < 4.78 is 0. The highest BCUT2D eigenvalue weighted by Gasteiger charge is 2.32. The second-order valence-electron chi connectivity index (χ2n) is 5.60. The van der Waals surface area contributed by atoms with E-state index >= 15 is 0 Å². The van der Waals surface area contributed by atoms with E-state index in [1.165, 1.54) is 4.88 Å². The first-order valence-corrected chi connectivity index (χ1v) is 7.74. The molecule has 2 rings (SSSR count). The molecule has 2 heterocycles. The Morgan fingerprint density at radius 2 is 2.50 bits per heavy atom. The molecule has 1 aromatic rings. The topological polar surface area (TPSA) is 43.8 Å². The lowest BCUT2D eigenvalue weighted by atomic mass is 10.1. The van der Waals surface area contributed by atoms with Gasteiger partial charge in [-0.25, -0.2) is 0 Å². The van der Waals surface area contributed by atoms with Crippen LogP contribution < -0.4 is 0 Å². The average molecular weight is 294 g/mol. The van der Waals surface area contributed by atoms with Gasteiger partial charge in [0.05, 0.1) is 18.7 Å². The number of hydrogen-bond acceptors (Lipinski definition) is 4. The second kappa shape index (κ2) is 6.52. The van der Waals surface area contributed by atoms with Crippen molar-refractivity contribution < 1.29 is 9.90 Å². The largest absolute Gasteiger partial charge is 0.389 e. The van der Waals surface area contributed by atoms with Crippen LogP contribution in [0.1, 0.15) is 18.2 Å². The van der Waals surface area contributed by atoms with E-state index in [0.29, 0.717) is 26.2 Å². The monoisotopic (exact) mass is 294 g/mol. The number of carbonyl (C=O) groups excluding carboxylic acids is 1. The highest BCUT2D eigenvalue weighted by Crippen LogP contribution is 2.20. The first-order chi connectivity index (χ1) is 9.50. The smallest absolute Gasteiger partial charge is 0.237 e. The molecule has 0 aliphatic carbocycles. The molecule has 4 nitrogen and oxygen atoms in total. The lowest BCUT2D eigenvalue weighted by molar-refractivity contribution is -0.132. The van der Waals surface area contributed by atoms with Gasteiger partial charge in [-0.15, -0.1) is 17.9 Å². The molecule has 0 saturated carbocycles. The van der Waals surface area contributed by atoms with Crippen LogP contribution in [0, 0.1) is 0 Å². The van der Waals surface area contributed by atoms with Crippen molar-refractivity contribution in [2.45, 2.75) is 25.5 Å². The molecule has 0 radical (unpaired) electrons. The zero-order valence-electron chi connectivity index (χ0n) is 11.9. The average Bonchev–Trinajstić information content (AvgIpc) is 2.98. The van der Waals surface area contributed by atoms with Crippen molar-refractivity contribution in [3.8, 4) is 0 Å². The van der Waals surface area contributed by atoms with E-state index in [2.05, 4.69) is 6.58 Å². The standard InChI is InChI=1S/C15H22N2O2S/c1-3-7-17(10-13-5-4-9-20-13)14(18)11-16-8-6-15(2,19)12-16/h3-5,9,19H,1,6-8,10-12H2,2H3. The van der Waals surface area contributed by atoms with Gasteiger partial charge in [0, 0.05) is 24.5 Å². The molecule has 20 heavy (non-hydrogen) atoms. The minimum absolute atomic E-state index is 0.0935. The van der Waals surface area contributed by atoms with Crippen molar-refractivity contribution >= 4 is 17.2 Å². The summed E-state index contributed by atoms with van der Waals surface area (Å²) in [5.74, 6) is 0.0935. The maximum Gasteiger partial charge on any atom is 0.237 e. The maximum atomic E-state index is 12.4. The number of likely N-dealkylation sites (tertiary alicyclic amines) is 1. The van der Waals surface area contributed by atoms with Crippen LogP contribution in [0.2, 0.25) is 0 Å². The van der Waals surface area contributed by atoms with Gasteiger partial charge in [-0.1, -0.05) is 12.1 Å². The van der Waals surface area contributed by atoms with Gasteiger partial charge in [-0.3, -0.25) is 9.69 Å². The molecule has 1 aliphatic rings. The number of hydrogen-bond donors (Lipinski definition) is 1.